The highest BCUT2D eigenvalue weighted by molar-refractivity contribution is 5.47. The first-order chi connectivity index (χ1) is 9.63. The minimum Gasteiger partial charge on any atom is -0.240 e. The van der Waals surface area contributed by atoms with Crippen molar-refractivity contribution in [3.63, 3.8) is 0 Å². The number of aromatic nitrogens is 2. The number of alkyl halides is 6. The molecule has 2 rings (SSSR count). The highest BCUT2D eigenvalue weighted by Gasteiger charge is 2.34. The van der Waals surface area contributed by atoms with Crippen molar-refractivity contribution in [2.45, 2.75) is 12.4 Å². The number of nitrogens with zero attached hydrogens (tertiary/aromatic N) is 3. The van der Waals surface area contributed by atoms with Crippen molar-refractivity contribution in [3.8, 4) is 11.8 Å². The molecule has 9 heteroatoms. The van der Waals surface area contributed by atoms with Gasteiger partial charge in [0, 0.05) is 6.20 Å². The molecular weight excluding hydrogens is 300 g/mol. The van der Waals surface area contributed by atoms with Crippen LogP contribution in [0.5, 0.6) is 0 Å². The summed E-state index contributed by atoms with van der Waals surface area (Å²) in [6, 6.07) is 3.76. The van der Waals surface area contributed by atoms with Crippen LogP contribution in [0.1, 0.15) is 16.7 Å². The number of halogens is 6. The molecule has 21 heavy (non-hydrogen) atoms. The van der Waals surface area contributed by atoms with Gasteiger partial charge in [0.1, 0.15) is 0 Å². The maximum Gasteiger partial charge on any atom is 0.419 e. The Bertz CT molecular complexity index is 705. The SMILES string of the molecule is N#Cc1cc(-n2cc(C(F)(F)F)cn2)ccc1C(F)(F)F. The van der Waals surface area contributed by atoms with Gasteiger partial charge >= 0.3 is 12.4 Å². The van der Waals surface area contributed by atoms with Gasteiger partial charge in [0.2, 0.25) is 0 Å². The molecule has 0 aliphatic rings. The summed E-state index contributed by atoms with van der Waals surface area (Å²) in [6.07, 6.45) is -8.15. The quantitative estimate of drug-likeness (QED) is 0.752. The molecule has 0 radical (unpaired) electrons. The fraction of sp³-hybridized carbons (Fsp3) is 0.167. The topological polar surface area (TPSA) is 41.6 Å². The molecule has 0 saturated heterocycles. The van der Waals surface area contributed by atoms with Gasteiger partial charge in [-0.15, -0.1) is 0 Å². The summed E-state index contributed by atoms with van der Waals surface area (Å²) in [5.74, 6) is 0. The second-order valence-corrected chi connectivity index (χ2v) is 4.01. The van der Waals surface area contributed by atoms with E-state index in [1.54, 1.807) is 0 Å². The zero-order valence-corrected chi connectivity index (χ0v) is 10.00. The van der Waals surface area contributed by atoms with E-state index in [1.807, 2.05) is 0 Å². The van der Waals surface area contributed by atoms with E-state index in [2.05, 4.69) is 5.10 Å². The van der Waals surface area contributed by atoms with Gasteiger partial charge in [-0.1, -0.05) is 0 Å². The molecule has 0 bridgehead atoms. The van der Waals surface area contributed by atoms with Crippen LogP contribution in [-0.4, -0.2) is 9.78 Å². The molecule has 0 atom stereocenters. The van der Waals surface area contributed by atoms with Crippen LogP contribution in [-0.2, 0) is 12.4 Å². The van der Waals surface area contributed by atoms with Crippen LogP contribution >= 0.6 is 0 Å². The third-order valence-electron chi connectivity index (χ3n) is 2.60. The summed E-state index contributed by atoms with van der Waals surface area (Å²) < 4.78 is 75.9. The molecule has 0 saturated carbocycles. The first-order valence-corrected chi connectivity index (χ1v) is 5.36. The molecule has 1 aromatic carbocycles. The van der Waals surface area contributed by atoms with Crippen molar-refractivity contribution < 1.29 is 26.3 Å². The maximum atomic E-state index is 12.6. The third kappa shape index (κ3) is 2.99. The monoisotopic (exact) mass is 305 g/mol. The van der Waals surface area contributed by atoms with E-state index in [-0.39, 0.29) is 5.69 Å². The van der Waals surface area contributed by atoms with Gasteiger partial charge < -0.3 is 0 Å². The van der Waals surface area contributed by atoms with Crippen molar-refractivity contribution >= 4 is 0 Å². The van der Waals surface area contributed by atoms with Gasteiger partial charge in [0.15, 0.2) is 0 Å². The standard InChI is InChI=1S/C12H5F6N3/c13-11(14,15)8-5-20-21(6-8)9-1-2-10(12(16,17)18)7(3-9)4-19/h1-3,5-6H. The molecule has 1 aromatic heterocycles. The first-order valence-electron chi connectivity index (χ1n) is 5.36. The Morgan fingerprint density at radius 2 is 1.71 bits per heavy atom. The number of rotatable bonds is 1. The average molecular weight is 305 g/mol. The zero-order valence-electron chi connectivity index (χ0n) is 10.00. The molecule has 0 unspecified atom stereocenters. The van der Waals surface area contributed by atoms with E-state index in [0.29, 0.717) is 18.5 Å². The lowest BCUT2D eigenvalue weighted by Gasteiger charge is -2.10. The van der Waals surface area contributed by atoms with Crippen molar-refractivity contribution in [2.75, 3.05) is 0 Å². The molecule has 0 N–H and O–H groups in total. The summed E-state index contributed by atoms with van der Waals surface area (Å²) in [6.45, 7) is 0. The van der Waals surface area contributed by atoms with Gasteiger partial charge in [0.25, 0.3) is 0 Å². The van der Waals surface area contributed by atoms with E-state index in [0.717, 1.165) is 16.8 Å². The molecule has 1 heterocycles. The average Bonchev–Trinajstić information content (AvgIpc) is 2.86. The summed E-state index contributed by atoms with van der Waals surface area (Å²) >= 11 is 0. The van der Waals surface area contributed by atoms with Crippen LogP contribution in [0.2, 0.25) is 0 Å². The van der Waals surface area contributed by atoms with Crippen LogP contribution in [0.15, 0.2) is 30.6 Å². The third-order valence-corrected chi connectivity index (χ3v) is 2.60. The second kappa shape index (κ2) is 4.80. The smallest absolute Gasteiger partial charge is 0.240 e. The van der Waals surface area contributed by atoms with Gasteiger partial charge in [0.05, 0.1) is 34.6 Å². The number of hydrogen-bond donors (Lipinski definition) is 0. The van der Waals surface area contributed by atoms with E-state index in [4.69, 9.17) is 5.26 Å². The zero-order chi connectivity index (χ0) is 15.8. The summed E-state index contributed by atoms with van der Waals surface area (Å²) in [4.78, 5) is 0. The Labute approximate surface area is 114 Å². The second-order valence-electron chi connectivity index (χ2n) is 4.01. The Morgan fingerprint density at radius 1 is 1.05 bits per heavy atom. The lowest BCUT2D eigenvalue weighted by atomic mass is 10.1. The molecule has 110 valence electrons. The van der Waals surface area contributed by atoms with Crippen molar-refractivity contribution in [3.05, 3.63) is 47.3 Å². The van der Waals surface area contributed by atoms with Crippen molar-refractivity contribution in [1.82, 2.24) is 9.78 Å². The van der Waals surface area contributed by atoms with Crippen molar-refractivity contribution in [2.24, 2.45) is 0 Å². The Balaban J connectivity index is 2.48. The van der Waals surface area contributed by atoms with E-state index < -0.39 is 29.0 Å². The predicted octanol–water partition coefficient (Wildman–Crippen LogP) is 3.78. The van der Waals surface area contributed by atoms with Gasteiger partial charge in [-0.25, -0.2) is 4.68 Å². The highest BCUT2D eigenvalue weighted by atomic mass is 19.4. The van der Waals surface area contributed by atoms with Gasteiger partial charge in [-0.3, -0.25) is 0 Å². The van der Waals surface area contributed by atoms with Gasteiger partial charge in [-0.05, 0) is 18.2 Å². The maximum absolute atomic E-state index is 12.6. The molecule has 3 nitrogen and oxygen atoms in total. The van der Waals surface area contributed by atoms with Crippen molar-refractivity contribution in [1.29, 1.82) is 5.26 Å². The number of nitriles is 1. The fourth-order valence-electron chi connectivity index (χ4n) is 1.62. The molecule has 0 aliphatic heterocycles. The van der Waals surface area contributed by atoms with Gasteiger partial charge in [-0.2, -0.15) is 36.7 Å². The van der Waals surface area contributed by atoms with Crippen LogP contribution in [0, 0.1) is 11.3 Å². The summed E-state index contributed by atoms with van der Waals surface area (Å²) in [5.41, 5.74) is -2.96. The largest absolute Gasteiger partial charge is 0.419 e. The summed E-state index contributed by atoms with van der Waals surface area (Å²) in [5, 5.41) is 12.2. The first kappa shape index (κ1) is 14.9. The van der Waals surface area contributed by atoms with E-state index >= 15 is 0 Å². The highest BCUT2D eigenvalue weighted by Crippen LogP contribution is 2.33. The lowest BCUT2D eigenvalue weighted by molar-refractivity contribution is -0.138. The predicted molar refractivity (Wildman–Crippen MR) is 58.3 cm³/mol. The number of benzene rings is 1. The molecule has 0 aliphatic carbocycles. The Hall–Kier alpha value is -2.50. The van der Waals surface area contributed by atoms with E-state index in [1.165, 1.54) is 6.07 Å². The lowest BCUT2D eigenvalue weighted by Crippen LogP contribution is -2.08. The fourth-order valence-corrected chi connectivity index (χ4v) is 1.62. The molecular formula is C12H5F6N3. The Morgan fingerprint density at radius 3 is 2.19 bits per heavy atom. The molecule has 0 amide bonds. The number of hydrogen-bond acceptors (Lipinski definition) is 2. The minimum atomic E-state index is -4.72. The van der Waals surface area contributed by atoms with Crippen LogP contribution < -0.4 is 0 Å². The van der Waals surface area contributed by atoms with Crippen LogP contribution in [0.25, 0.3) is 5.69 Å². The minimum absolute atomic E-state index is 0.0740. The van der Waals surface area contributed by atoms with Crippen LogP contribution in [0.4, 0.5) is 26.3 Å². The van der Waals surface area contributed by atoms with Crippen LogP contribution in [0.3, 0.4) is 0 Å². The molecule has 2 aromatic rings. The Kier molecular flexibility index (Phi) is 3.41. The normalized spacial score (nSPS) is 12.2. The van der Waals surface area contributed by atoms with E-state index in [9.17, 15) is 26.3 Å². The summed E-state index contributed by atoms with van der Waals surface area (Å²) in [7, 11) is 0. The molecule has 0 spiro atoms. The molecule has 0 fully saturated rings.